The van der Waals surface area contributed by atoms with Crippen LogP contribution in [-0.2, 0) is 6.54 Å². The van der Waals surface area contributed by atoms with E-state index < -0.39 is 0 Å². The zero-order chi connectivity index (χ0) is 13.2. The van der Waals surface area contributed by atoms with E-state index >= 15 is 0 Å². The molecule has 1 aromatic heterocycles. The molecule has 3 rings (SSSR count). The predicted octanol–water partition coefficient (Wildman–Crippen LogP) is 2.25. The van der Waals surface area contributed by atoms with Crippen LogP contribution < -0.4 is 10.1 Å². The Kier molecular flexibility index (Phi) is 3.11. The van der Waals surface area contributed by atoms with Gasteiger partial charge in [0.1, 0.15) is 18.2 Å². The molecule has 5 heteroatoms. The van der Waals surface area contributed by atoms with E-state index in [2.05, 4.69) is 40.0 Å². The fraction of sp³-hybridized carbons (Fsp3) is 0.429. The van der Waals surface area contributed by atoms with Gasteiger partial charge < -0.3 is 10.1 Å². The Morgan fingerprint density at radius 3 is 2.95 bits per heavy atom. The first-order valence-corrected chi connectivity index (χ1v) is 6.73. The smallest absolute Gasteiger partial charge is 0.224 e. The van der Waals surface area contributed by atoms with Crippen molar-refractivity contribution in [3.8, 4) is 5.75 Å². The van der Waals surface area contributed by atoms with Gasteiger partial charge in [-0.15, -0.1) is 10.2 Å². The molecule has 0 fully saturated rings. The molecule has 1 atom stereocenters. The highest BCUT2D eigenvalue weighted by atomic mass is 16.5. The standard InChI is InChI=1S/C14H18N4O/c1-3-15-14-17-16-13(18(14)4-2)11-9-19-12-8-6-5-7-10(11)12/h5-8,11H,3-4,9H2,1-2H3,(H,15,17). The van der Waals surface area contributed by atoms with Gasteiger partial charge in [-0.05, 0) is 19.9 Å². The third-order valence-corrected chi connectivity index (χ3v) is 3.44. The lowest BCUT2D eigenvalue weighted by molar-refractivity contribution is 0.337. The average molecular weight is 258 g/mol. The molecule has 0 radical (unpaired) electrons. The molecule has 1 N–H and O–H groups in total. The summed E-state index contributed by atoms with van der Waals surface area (Å²) in [4.78, 5) is 0. The molecule has 0 saturated heterocycles. The average Bonchev–Trinajstić information content (AvgIpc) is 3.02. The minimum Gasteiger partial charge on any atom is -0.492 e. The van der Waals surface area contributed by atoms with Crippen molar-refractivity contribution in [3.63, 3.8) is 0 Å². The minimum absolute atomic E-state index is 0.177. The second-order valence-corrected chi connectivity index (χ2v) is 4.56. The molecule has 1 unspecified atom stereocenters. The highest BCUT2D eigenvalue weighted by Gasteiger charge is 2.30. The Bertz CT molecular complexity index is 579. The molecule has 0 bridgehead atoms. The number of nitrogens with zero attached hydrogens (tertiary/aromatic N) is 3. The van der Waals surface area contributed by atoms with Crippen molar-refractivity contribution in [1.29, 1.82) is 0 Å². The molecule has 2 heterocycles. The van der Waals surface area contributed by atoms with Crippen LogP contribution in [0.5, 0.6) is 5.75 Å². The summed E-state index contributed by atoms with van der Waals surface area (Å²) >= 11 is 0. The van der Waals surface area contributed by atoms with E-state index in [1.165, 1.54) is 5.56 Å². The first-order chi connectivity index (χ1) is 9.35. The van der Waals surface area contributed by atoms with Gasteiger partial charge in [0.25, 0.3) is 0 Å². The number of fused-ring (bicyclic) bond motifs is 1. The summed E-state index contributed by atoms with van der Waals surface area (Å²) in [7, 11) is 0. The number of rotatable bonds is 4. The summed E-state index contributed by atoms with van der Waals surface area (Å²) in [6.07, 6.45) is 0. The summed E-state index contributed by atoms with van der Waals surface area (Å²) in [5, 5.41) is 11.8. The van der Waals surface area contributed by atoms with Gasteiger partial charge in [0.2, 0.25) is 5.95 Å². The van der Waals surface area contributed by atoms with Crippen LogP contribution in [0.15, 0.2) is 24.3 Å². The second kappa shape index (κ2) is 4.91. The molecule has 19 heavy (non-hydrogen) atoms. The number of ether oxygens (including phenoxy) is 1. The summed E-state index contributed by atoms with van der Waals surface area (Å²) < 4.78 is 7.86. The van der Waals surface area contributed by atoms with Crippen molar-refractivity contribution in [2.45, 2.75) is 26.3 Å². The predicted molar refractivity (Wildman–Crippen MR) is 73.6 cm³/mol. The quantitative estimate of drug-likeness (QED) is 0.914. The van der Waals surface area contributed by atoms with E-state index in [0.29, 0.717) is 6.61 Å². The monoisotopic (exact) mass is 258 g/mol. The molecule has 0 spiro atoms. The molecule has 5 nitrogen and oxygen atoms in total. The topological polar surface area (TPSA) is 52.0 Å². The van der Waals surface area contributed by atoms with Crippen LogP contribution in [-0.4, -0.2) is 27.9 Å². The summed E-state index contributed by atoms with van der Waals surface area (Å²) in [6.45, 7) is 6.50. The molecule has 0 aliphatic carbocycles. The van der Waals surface area contributed by atoms with Crippen molar-refractivity contribution in [2.75, 3.05) is 18.5 Å². The molecule has 2 aromatic rings. The number of anilines is 1. The largest absolute Gasteiger partial charge is 0.492 e. The first kappa shape index (κ1) is 12.0. The Morgan fingerprint density at radius 1 is 1.32 bits per heavy atom. The van der Waals surface area contributed by atoms with E-state index in [9.17, 15) is 0 Å². The van der Waals surface area contributed by atoms with Crippen molar-refractivity contribution in [3.05, 3.63) is 35.7 Å². The molecule has 1 aliphatic rings. The minimum atomic E-state index is 0.177. The maximum Gasteiger partial charge on any atom is 0.224 e. The van der Waals surface area contributed by atoms with Crippen LogP contribution in [0.4, 0.5) is 5.95 Å². The van der Waals surface area contributed by atoms with Crippen LogP contribution in [0.25, 0.3) is 0 Å². The fourth-order valence-electron chi connectivity index (χ4n) is 2.55. The maximum atomic E-state index is 5.73. The lowest BCUT2D eigenvalue weighted by Crippen LogP contribution is -2.13. The van der Waals surface area contributed by atoms with Gasteiger partial charge >= 0.3 is 0 Å². The third kappa shape index (κ3) is 1.95. The Labute approximate surface area is 112 Å². The molecule has 1 aromatic carbocycles. The van der Waals surface area contributed by atoms with Gasteiger partial charge in [0.15, 0.2) is 0 Å². The highest BCUT2D eigenvalue weighted by molar-refractivity contribution is 5.43. The molecule has 1 aliphatic heterocycles. The number of aromatic nitrogens is 3. The van der Waals surface area contributed by atoms with Gasteiger partial charge in [0, 0.05) is 18.7 Å². The summed E-state index contributed by atoms with van der Waals surface area (Å²) in [6, 6.07) is 8.15. The SMILES string of the molecule is CCNc1nnc(C2COc3ccccc32)n1CC. The number of nitrogens with one attached hydrogen (secondary N) is 1. The Balaban J connectivity index is 2.00. The van der Waals surface area contributed by atoms with Gasteiger partial charge in [-0.3, -0.25) is 4.57 Å². The summed E-state index contributed by atoms with van der Waals surface area (Å²) in [5.74, 6) is 2.95. The molecule has 0 saturated carbocycles. The van der Waals surface area contributed by atoms with Crippen LogP contribution >= 0.6 is 0 Å². The van der Waals surface area contributed by atoms with Gasteiger partial charge in [-0.2, -0.15) is 0 Å². The number of benzene rings is 1. The van der Waals surface area contributed by atoms with Crippen molar-refractivity contribution in [2.24, 2.45) is 0 Å². The second-order valence-electron chi connectivity index (χ2n) is 4.56. The van der Waals surface area contributed by atoms with E-state index in [4.69, 9.17) is 4.74 Å². The number of hydrogen-bond donors (Lipinski definition) is 1. The Hall–Kier alpha value is -2.04. The molecule has 0 amide bonds. The van der Waals surface area contributed by atoms with Gasteiger partial charge in [-0.1, -0.05) is 18.2 Å². The van der Waals surface area contributed by atoms with E-state index in [1.807, 2.05) is 18.2 Å². The third-order valence-electron chi connectivity index (χ3n) is 3.44. The van der Waals surface area contributed by atoms with Gasteiger partial charge in [0.05, 0.1) is 5.92 Å². The van der Waals surface area contributed by atoms with E-state index in [0.717, 1.165) is 30.6 Å². The number of para-hydroxylation sites is 1. The lowest BCUT2D eigenvalue weighted by Gasteiger charge is -2.11. The maximum absolute atomic E-state index is 5.73. The van der Waals surface area contributed by atoms with Crippen LogP contribution in [0.2, 0.25) is 0 Å². The van der Waals surface area contributed by atoms with Crippen molar-refractivity contribution < 1.29 is 4.74 Å². The molecular formula is C14H18N4O. The van der Waals surface area contributed by atoms with Crippen LogP contribution in [0, 0.1) is 0 Å². The summed E-state index contributed by atoms with van der Waals surface area (Å²) in [5.41, 5.74) is 1.20. The van der Waals surface area contributed by atoms with Gasteiger partial charge in [-0.25, -0.2) is 0 Å². The zero-order valence-corrected chi connectivity index (χ0v) is 11.3. The highest BCUT2D eigenvalue weighted by Crippen LogP contribution is 2.37. The first-order valence-electron chi connectivity index (χ1n) is 6.73. The normalized spacial score (nSPS) is 17.1. The van der Waals surface area contributed by atoms with Crippen molar-refractivity contribution >= 4 is 5.95 Å². The Morgan fingerprint density at radius 2 is 2.16 bits per heavy atom. The van der Waals surface area contributed by atoms with E-state index in [1.54, 1.807) is 0 Å². The van der Waals surface area contributed by atoms with Crippen LogP contribution in [0.1, 0.15) is 31.2 Å². The fourth-order valence-corrected chi connectivity index (χ4v) is 2.55. The lowest BCUT2D eigenvalue weighted by atomic mass is 10.0. The zero-order valence-electron chi connectivity index (χ0n) is 11.3. The van der Waals surface area contributed by atoms with Crippen LogP contribution in [0.3, 0.4) is 0 Å². The van der Waals surface area contributed by atoms with Crippen molar-refractivity contribution in [1.82, 2.24) is 14.8 Å². The molecular weight excluding hydrogens is 240 g/mol. The number of hydrogen-bond acceptors (Lipinski definition) is 4. The van der Waals surface area contributed by atoms with E-state index in [-0.39, 0.29) is 5.92 Å². The molecule has 100 valence electrons.